The maximum atomic E-state index is 11.8. The molecule has 0 atom stereocenters. The van der Waals surface area contributed by atoms with Crippen LogP contribution in [0.1, 0.15) is 16.8 Å². The van der Waals surface area contributed by atoms with E-state index in [1.807, 2.05) is 37.3 Å². The fourth-order valence-electron chi connectivity index (χ4n) is 1.85. The monoisotopic (exact) mass is 302 g/mol. The van der Waals surface area contributed by atoms with Crippen LogP contribution in [-0.2, 0) is 0 Å². The number of aryl methyl sites for hydroxylation is 2. The summed E-state index contributed by atoms with van der Waals surface area (Å²) in [6.45, 7) is 3.79. The van der Waals surface area contributed by atoms with Gasteiger partial charge in [-0.1, -0.05) is 28.1 Å². The number of halogens is 1. The first-order valence-electron chi connectivity index (χ1n) is 5.43. The standard InChI is InChI=1S/C14H11BrN2O/c1-8-3-4-10(13(15)5-8)11-6-9(2)17-14(18)12(11)7-16/h3-6H,1-2H3,(H,17,18). The van der Waals surface area contributed by atoms with Gasteiger partial charge in [0.15, 0.2) is 0 Å². The number of hydrogen-bond acceptors (Lipinski definition) is 2. The van der Waals surface area contributed by atoms with Crippen LogP contribution in [-0.4, -0.2) is 4.98 Å². The van der Waals surface area contributed by atoms with E-state index < -0.39 is 0 Å². The molecule has 0 aliphatic rings. The van der Waals surface area contributed by atoms with E-state index in [1.54, 1.807) is 6.92 Å². The van der Waals surface area contributed by atoms with Gasteiger partial charge in [0.1, 0.15) is 11.6 Å². The predicted molar refractivity (Wildman–Crippen MR) is 74.4 cm³/mol. The van der Waals surface area contributed by atoms with Crippen LogP contribution in [0.15, 0.2) is 33.5 Å². The van der Waals surface area contributed by atoms with Crippen molar-refractivity contribution >= 4 is 15.9 Å². The lowest BCUT2D eigenvalue weighted by Crippen LogP contribution is -2.12. The number of nitriles is 1. The minimum Gasteiger partial charge on any atom is -0.325 e. The summed E-state index contributed by atoms with van der Waals surface area (Å²) in [5.74, 6) is 0. The highest BCUT2D eigenvalue weighted by molar-refractivity contribution is 9.10. The summed E-state index contributed by atoms with van der Waals surface area (Å²) in [5.41, 5.74) is 3.16. The lowest BCUT2D eigenvalue weighted by molar-refractivity contribution is 1.13. The highest BCUT2D eigenvalue weighted by Crippen LogP contribution is 2.30. The molecular weight excluding hydrogens is 292 g/mol. The minimum atomic E-state index is -0.347. The van der Waals surface area contributed by atoms with Crippen LogP contribution in [0, 0.1) is 25.2 Å². The predicted octanol–water partition coefficient (Wildman–Crippen LogP) is 3.29. The van der Waals surface area contributed by atoms with Crippen molar-refractivity contribution in [3.05, 3.63) is 55.9 Å². The molecule has 0 amide bonds. The van der Waals surface area contributed by atoms with Gasteiger partial charge in [0.25, 0.3) is 5.56 Å². The van der Waals surface area contributed by atoms with Gasteiger partial charge in [-0.2, -0.15) is 5.26 Å². The summed E-state index contributed by atoms with van der Waals surface area (Å²) in [7, 11) is 0. The van der Waals surface area contributed by atoms with Crippen LogP contribution < -0.4 is 5.56 Å². The number of H-pyrrole nitrogens is 1. The van der Waals surface area contributed by atoms with Gasteiger partial charge in [-0.25, -0.2) is 0 Å². The zero-order chi connectivity index (χ0) is 13.3. The second-order valence-electron chi connectivity index (χ2n) is 4.17. The quantitative estimate of drug-likeness (QED) is 0.879. The second-order valence-corrected chi connectivity index (χ2v) is 5.02. The molecule has 1 aromatic carbocycles. The molecule has 0 saturated carbocycles. The van der Waals surface area contributed by atoms with E-state index in [2.05, 4.69) is 20.9 Å². The van der Waals surface area contributed by atoms with Crippen molar-refractivity contribution in [2.24, 2.45) is 0 Å². The Labute approximate surface area is 113 Å². The smallest absolute Gasteiger partial charge is 0.266 e. The Hall–Kier alpha value is -1.86. The number of aromatic amines is 1. The normalized spacial score (nSPS) is 10.1. The van der Waals surface area contributed by atoms with Crippen LogP contribution in [0.3, 0.4) is 0 Å². The largest absolute Gasteiger partial charge is 0.325 e. The number of aromatic nitrogens is 1. The highest BCUT2D eigenvalue weighted by Gasteiger charge is 2.12. The Morgan fingerprint density at radius 1 is 1.22 bits per heavy atom. The van der Waals surface area contributed by atoms with Crippen LogP contribution >= 0.6 is 15.9 Å². The van der Waals surface area contributed by atoms with Crippen LogP contribution in [0.25, 0.3) is 11.1 Å². The highest BCUT2D eigenvalue weighted by atomic mass is 79.9. The van der Waals surface area contributed by atoms with E-state index in [1.165, 1.54) is 0 Å². The lowest BCUT2D eigenvalue weighted by Gasteiger charge is -2.08. The first kappa shape index (κ1) is 12.6. The molecule has 1 heterocycles. The second kappa shape index (κ2) is 4.79. The molecule has 4 heteroatoms. The maximum Gasteiger partial charge on any atom is 0.266 e. The summed E-state index contributed by atoms with van der Waals surface area (Å²) >= 11 is 3.47. The van der Waals surface area contributed by atoms with Crippen molar-refractivity contribution in [1.29, 1.82) is 5.26 Å². The number of rotatable bonds is 1. The number of pyridine rings is 1. The molecule has 0 spiro atoms. The molecular formula is C14H11BrN2O. The zero-order valence-corrected chi connectivity index (χ0v) is 11.6. The van der Waals surface area contributed by atoms with Gasteiger partial charge in [0.05, 0.1) is 0 Å². The molecule has 18 heavy (non-hydrogen) atoms. The Morgan fingerprint density at radius 2 is 1.94 bits per heavy atom. The Balaban J connectivity index is 2.79. The Kier molecular flexibility index (Phi) is 3.35. The molecule has 1 N–H and O–H groups in total. The minimum absolute atomic E-state index is 0.144. The van der Waals surface area contributed by atoms with Gasteiger partial charge in [-0.15, -0.1) is 0 Å². The topological polar surface area (TPSA) is 56.6 Å². The number of hydrogen-bond donors (Lipinski definition) is 1. The van der Waals surface area contributed by atoms with Gasteiger partial charge in [0.2, 0.25) is 0 Å². The lowest BCUT2D eigenvalue weighted by atomic mass is 10.00. The van der Waals surface area contributed by atoms with E-state index in [-0.39, 0.29) is 11.1 Å². The molecule has 0 saturated heterocycles. The van der Waals surface area contributed by atoms with Gasteiger partial charge in [-0.05, 0) is 37.1 Å². The van der Waals surface area contributed by atoms with E-state index in [4.69, 9.17) is 5.26 Å². The van der Waals surface area contributed by atoms with Crippen LogP contribution in [0.2, 0.25) is 0 Å². The van der Waals surface area contributed by atoms with E-state index in [0.717, 1.165) is 21.3 Å². The Morgan fingerprint density at radius 3 is 2.56 bits per heavy atom. The summed E-state index contributed by atoms with van der Waals surface area (Å²) in [6, 6.07) is 9.61. The molecule has 2 aromatic rings. The first-order valence-corrected chi connectivity index (χ1v) is 6.23. The van der Waals surface area contributed by atoms with Crippen molar-refractivity contribution in [3.8, 4) is 17.2 Å². The van der Waals surface area contributed by atoms with Gasteiger partial charge in [-0.3, -0.25) is 4.79 Å². The number of nitrogens with zero attached hydrogens (tertiary/aromatic N) is 1. The Bertz CT molecular complexity index is 711. The summed E-state index contributed by atoms with van der Waals surface area (Å²) < 4.78 is 0.879. The summed E-state index contributed by atoms with van der Waals surface area (Å²) in [5, 5.41) is 9.11. The molecule has 1 aromatic heterocycles. The van der Waals surface area contributed by atoms with Crippen molar-refractivity contribution in [2.75, 3.05) is 0 Å². The van der Waals surface area contributed by atoms with Crippen LogP contribution in [0.4, 0.5) is 0 Å². The van der Waals surface area contributed by atoms with Crippen LogP contribution in [0.5, 0.6) is 0 Å². The SMILES string of the molecule is Cc1ccc(-c2cc(C)[nH]c(=O)c2C#N)c(Br)c1. The van der Waals surface area contributed by atoms with E-state index in [0.29, 0.717) is 5.56 Å². The third-order valence-electron chi connectivity index (χ3n) is 2.69. The van der Waals surface area contributed by atoms with Gasteiger partial charge >= 0.3 is 0 Å². The maximum absolute atomic E-state index is 11.8. The van der Waals surface area contributed by atoms with E-state index >= 15 is 0 Å². The summed E-state index contributed by atoms with van der Waals surface area (Å²) in [4.78, 5) is 14.4. The molecule has 0 aliphatic heterocycles. The molecule has 0 fully saturated rings. The van der Waals surface area contributed by atoms with Crippen molar-refractivity contribution < 1.29 is 0 Å². The van der Waals surface area contributed by atoms with Gasteiger partial charge < -0.3 is 4.98 Å². The molecule has 0 aliphatic carbocycles. The fourth-order valence-corrected chi connectivity index (χ4v) is 2.56. The van der Waals surface area contributed by atoms with Crippen molar-refractivity contribution in [3.63, 3.8) is 0 Å². The molecule has 90 valence electrons. The molecule has 0 bridgehead atoms. The average molecular weight is 303 g/mol. The molecule has 0 unspecified atom stereocenters. The van der Waals surface area contributed by atoms with Crippen molar-refractivity contribution in [1.82, 2.24) is 4.98 Å². The van der Waals surface area contributed by atoms with E-state index in [9.17, 15) is 4.79 Å². The molecule has 2 rings (SSSR count). The fraction of sp³-hybridized carbons (Fsp3) is 0.143. The third-order valence-corrected chi connectivity index (χ3v) is 3.35. The third kappa shape index (κ3) is 2.22. The zero-order valence-electron chi connectivity index (χ0n) is 10.0. The molecule has 0 radical (unpaired) electrons. The molecule has 3 nitrogen and oxygen atoms in total. The van der Waals surface area contributed by atoms with Crippen molar-refractivity contribution in [2.45, 2.75) is 13.8 Å². The summed E-state index contributed by atoms with van der Waals surface area (Å²) in [6.07, 6.45) is 0. The number of benzene rings is 1. The average Bonchev–Trinajstić information content (AvgIpc) is 2.28. The first-order chi connectivity index (χ1) is 8.52. The number of nitrogens with one attached hydrogen (secondary N) is 1. The van der Waals surface area contributed by atoms with Gasteiger partial charge in [0, 0.05) is 15.7 Å².